The number of benzene rings is 2. The number of nitro benzene ring substituents is 1. The number of nitrogens with one attached hydrogen (secondary N) is 1. The molecule has 2 aliphatic heterocycles. The fourth-order valence-electron chi connectivity index (χ4n) is 5.50. The second kappa shape index (κ2) is 9.49. The molecule has 0 saturated carbocycles. The number of non-ortho nitro benzene ring substituents is 1. The van der Waals surface area contributed by atoms with Crippen LogP contribution < -0.4 is 5.32 Å². The summed E-state index contributed by atoms with van der Waals surface area (Å²) in [6.07, 6.45) is 1.31. The maximum Gasteiger partial charge on any atom is 0.325 e. The summed E-state index contributed by atoms with van der Waals surface area (Å²) in [7, 11) is 0. The first kappa shape index (κ1) is 24.7. The molecule has 2 fully saturated rings. The van der Waals surface area contributed by atoms with Crippen molar-refractivity contribution in [2.24, 2.45) is 11.8 Å². The standard InChI is InChI=1S/C27H21N5O6/c28-14-17-5-1-2-7-20(17)23-21-22(25(34)31(24(21)33)15-18-6-3-4-12-29-18)27(30-23,26(35)36)13-16-8-10-19(11-9-16)32(37)38/h1-12,21-23,30H,13,15H2,(H,35,36). The Kier molecular flexibility index (Phi) is 6.18. The molecule has 0 aliphatic carbocycles. The van der Waals surface area contributed by atoms with E-state index < -0.39 is 46.1 Å². The van der Waals surface area contributed by atoms with E-state index in [2.05, 4.69) is 16.4 Å². The Morgan fingerprint density at radius 2 is 1.82 bits per heavy atom. The van der Waals surface area contributed by atoms with Crippen molar-refractivity contribution in [1.82, 2.24) is 15.2 Å². The van der Waals surface area contributed by atoms with Gasteiger partial charge in [0.05, 0.1) is 40.6 Å². The number of aromatic nitrogens is 1. The van der Waals surface area contributed by atoms with Crippen molar-refractivity contribution in [3.05, 3.63) is 105 Å². The van der Waals surface area contributed by atoms with Crippen LogP contribution in [-0.2, 0) is 27.3 Å². The van der Waals surface area contributed by atoms with Gasteiger partial charge in [-0.05, 0) is 29.3 Å². The van der Waals surface area contributed by atoms with Crippen LogP contribution in [-0.4, -0.2) is 43.2 Å². The lowest BCUT2D eigenvalue weighted by Crippen LogP contribution is -2.57. The van der Waals surface area contributed by atoms with Crippen LogP contribution in [0.5, 0.6) is 0 Å². The Morgan fingerprint density at radius 3 is 2.45 bits per heavy atom. The van der Waals surface area contributed by atoms with E-state index in [9.17, 15) is 34.9 Å². The monoisotopic (exact) mass is 511 g/mol. The summed E-state index contributed by atoms with van der Waals surface area (Å²) in [6.45, 7) is -0.120. The third-order valence-corrected chi connectivity index (χ3v) is 7.22. The number of pyridine rings is 1. The maximum atomic E-state index is 13.8. The number of imide groups is 1. The van der Waals surface area contributed by atoms with Crippen LogP contribution in [0.4, 0.5) is 5.69 Å². The van der Waals surface area contributed by atoms with Crippen LogP contribution >= 0.6 is 0 Å². The van der Waals surface area contributed by atoms with Crippen molar-refractivity contribution in [1.29, 1.82) is 5.26 Å². The van der Waals surface area contributed by atoms with E-state index in [0.29, 0.717) is 16.8 Å². The Balaban J connectivity index is 1.62. The van der Waals surface area contributed by atoms with Gasteiger partial charge in [-0.3, -0.25) is 39.7 Å². The fraction of sp³-hybridized carbons (Fsp3) is 0.222. The minimum atomic E-state index is -1.92. The zero-order valence-electron chi connectivity index (χ0n) is 19.9. The van der Waals surface area contributed by atoms with Gasteiger partial charge < -0.3 is 5.11 Å². The molecule has 38 heavy (non-hydrogen) atoms. The van der Waals surface area contributed by atoms with Gasteiger partial charge in [0.15, 0.2) is 0 Å². The summed E-state index contributed by atoms with van der Waals surface area (Å²) >= 11 is 0. The number of carbonyl (C=O) groups is 3. The molecule has 2 aliphatic rings. The quantitative estimate of drug-likeness (QED) is 0.275. The second-order valence-electron chi connectivity index (χ2n) is 9.29. The minimum absolute atomic E-state index is 0.120. The molecule has 4 atom stereocenters. The average Bonchev–Trinajstić information content (AvgIpc) is 3.39. The van der Waals surface area contributed by atoms with E-state index in [0.717, 1.165) is 4.90 Å². The number of hydrogen-bond donors (Lipinski definition) is 2. The lowest BCUT2D eigenvalue weighted by molar-refractivity contribution is -0.384. The van der Waals surface area contributed by atoms with Crippen molar-refractivity contribution in [2.75, 3.05) is 0 Å². The number of nitro groups is 1. The van der Waals surface area contributed by atoms with Gasteiger partial charge in [-0.2, -0.15) is 5.26 Å². The second-order valence-corrected chi connectivity index (χ2v) is 9.29. The first-order valence-electron chi connectivity index (χ1n) is 11.8. The van der Waals surface area contributed by atoms with Gasteiger partial charge in [0.25, 0.3) is 5.69 Å². The zero-order chi connectivity index (χ0) is 27.0. The number of carbonyl (C=O) groups excluding carboxylic acids is 2. The van der Waals surface area contributed by atoms with Crippen molar-refractivity contribution in [2.45, 2.75) is 24.5 Å². The molecule has 11 heteroatoms. The SMILES string of the molecule is N#Cc1ccccc1C1NC(Cc2ccc([N+](=O)[O-])cc2)(C(=O)O)C2C(=O)N(Cc3ccccn3)C(=O)C12. The summed E-state index contributed by atoms with van der Waals surface area (Å²) in [5, 5.41) is 34.4. The Morgan fingerprint density at radius 1 is 1.11 bits per heavy atom. The van der Waals surface area contributed by atoms with Gasteiger partial charge in [-0.15, -0.1) is 0 Å². The Labute approximate surface area is 216 Å². The summed E-state index contributed by atoms with van der Waals surface area (Å²) in [6, 6.07) is 18.1. The number of rotatable bonds is 7. The number of nitrogens with zero attached hydrogens (tertiary/aromatic N) is 4. The first-order chi connectivity index (χ1) is 18.3. The molecule has 3 aromatic rings. The highest BCUT2D eigenvalue weighted by Gasteiger charge is 2.68. The molecule has 2 saturated heterocycles. The smallest absolute Gasteiger partial charge is 0.325 e. The number of carboxylic acids is 1. The number of amides is 2. The summed E-state index contributed by atoms with van der Waals surface area (Å²) in [4.78, 5) is 56.3. The fourth-order valence-corrected chi connectivity index (χ4v) is 5.50. The molecular formula is C27H21N5O6. The lowest BCUT2D eigenvalue weighted by atomic mass is 9.76. The molecule has 4 unspecified atom stereocenters. The summed E-state index contributed by atoms with van der Waals surface area (Å²) < 4.78 is 0. The molecular weight excluding hydrogens is 490 g/mol. The molecule has 11 nitrogen and oxygen atoms in total. The number of carboxylic acid groups (broad SMARTS) is 1. The van der Waals surface area contributed by atoms with Crippen LogP contribution in [0.3, 0.4) is 0 Å². The van der Waals surface area contributed by atoms with E-state index >= 15 is 0 Å². The Bertz CT molecular complexity index is 1490. The number of hydrogen-bond acceptors (Lipinski definition) is 8. The van der Waals surface area contributed by atoms with E-state index in [-0.39, 0.29) is 24.2 Å². The van der Waals surface area contributed by atoms with Gasteiger partial charge in [-0.1, -0.05) is 36.4 Å². The molecule has 1 aromatic heterocycles. The molecule has 2 amide bonds. The van der Waals surface area contributed by atoms with Crippen molar-refractivity contribution < 1.29 is 24.4 Å². The van der Waals surface area contributed by atoms with Crippen LogP contribution in [0.25, 0.3) is 0 Å². The first-order valence-corrected chi connectivity index (χ1v) is 11.8. The van der Waals surface area contributed by atoms with Gasteiger partial charge in [-0.25, -0.2) is 0 Å². The Hall–Kier alpha value is -4.95. The maximum absolute atomic E-state index is 13.8. The average molecular weight is 511 g/mol. The third kappa shape index (κ3) is 3.97. The highest BCUT2D eigenvalue weighted by Crippen LogP contribution is 2.50. The van der Waals surface area contributed by atoms with Crippen LogP contribution in [0, 0.1) is 33.3 Å². The normalized spacial score (nSPS) is 24.2. The summed E-state index contributed by atoms with van der Waals surface area (Å²) in [5.74, 6) is -4.93. The van der Waals surface area contributed by atoms with Crippen LogP contribution in [0.15, 0.2) is 72.9 Å². The molecule has 190 valence electrons. The number of aliphatic carboxylic acids is 1. The molecule has 0 radical (unpaired) electrons. The van der Waals surface area contributed by atoms with Crippen molar-refractivity contribution >= 4 is 23.5 Å². The van der Waals surface area contributed by atoms with Gasteiger partial charge in [0, 0.05) is 30.8 Å². The highest BCUT2D eigenvalue weighted by molar-refractivity contribution is 6.09. The largest absolute Gasteiger partial charge is 0.480 e. The van der Waals surface area contributed by atoms with E-state index in [1.807, 2.05) is 0 Å². The number of likely N-dealkylation sites (tertiary alicyclic amines) is 1. The third-order valence-electron chi connectivity index (χ3n) is 7.22. The number of nitriles is 1. The van der Waals surface area contributed by atoms with Crippen molar-refractivity contribution in [3.63, 3.8) is 0 Å². The molecule has 0 bridgehead atoms. The van der Waals surface area contributed by atoms with Crippen LogP contribution in [0.1, 0.15) is 28.4 Å². The molecule has 0 spiro atoms. The van der Waals surface area contributed by atoms with Gasteiger partial charge >= 0.3 is 5.97 Å². The minimum Gasteiger partial charge on any atom is -0.480 e. The molecule has 3 heterocycles. The van der Waals surface area contributed by atoms with E-state index in [1.54, 1.807) is 42.5 Å². The van der Waals surface area contributed by atoms with E-state index in [4.69, 9.17) is 0 Å². The van der Waals surface area contributed by atoms with Crippen LogP contribution in [0.2, 0.25) is 0 Å². The topological polar surface area (TPSA) is 167 Å². The van der Waals surface area contributed by atoms with Gasteiger partial charge in [0.1, 0.15) is 5.54 Å². The molecule has 2 aromatic carbocycles. The molecule has 2 N–H and O–H groups in total. The predicted octanol–water partition coefficient (Wildman–Crippen LogP) is 2.37. The van der Waals surface area contributed by atoms with E-state index in [1.165, 1.54) is 30.5 Å². The number of fused-ring (bicyclic) bond motifs is 1. The van der Waals surface area contributed by atoms with Crippen molar-refractivity contribution in [3.8, 4) is 6.07 Å². The summed E-state index contributed by atoms with van der Waals surface area (Å²) in [5.41, 5.74) is -0.514. The highest BCUT2D eigenvalue weighted by atomic mass is 16.6. The molecule has 5 rings (SSSR count). The lowest BCUT2D eigenvalue weighted by Gasteiger charge is -2.31. The predicted molar refractivity (Wildman–Crippen MR) is 131 cm³/mol. The zero-order valence-corrected chi connectivity index (χ0v) is 19.9. The van der Waals surface area contributed by atoms with Gasteiger partial charge in [0.2, 0.25) is 11.8 Å².